The lowest BCUT2D eigenvalue weighted by Crippen LogP contribution is -2.10. The van der Waals surface area contributed by atoms with Crippen LogP contribution in [0.25, 0.3) is 0 Å². The van der Waals surface area contributed by atoms with Crippen molar-refractivity contribution in [2.75, 3.05) is 23.4 Å². The molecule has 0 bridgehead atoms. The van der Waals surface area contributed by atoms with Crippen molar-refractivity contribution in [2.24, 2.45) is 18.1 Å². The van der Waals surface area contributed by atoms with Gasteiger partial charge in [-0.15, -0.1) is 0 Å². The SMILES string of the molecule is CN(c1ccccc1)P1(Cl)=NP(Cl)(Cl)=NP(Cl)(N(C)c2ccccc2)=NP(Cl)(Cl)=N1. The summed E-state index contributed by atoms with van der Waals surface area (Å²) in [6.07, 6.45) is 0. The van der Waals surface area contributed by atoms with Crippen molar-refractivity contribution in [3.63, 3.8) is 0 Å². The molecule has 0 fully saturated rings. The van der Waals surface area contributed by atoms with Crippen molar-refractivity contribution >= 4 is 104 Å². The van der Waals surface area contributed by atoms with Crippen molar-refractivity contribution < 1.29 is 0 Å². The fourth-order valence-corrected chi connectivity index (χ4v) is 24.8. The first kappa shape index (κ1) is 25.3. The van der Waals surface area contributed by atoms with Crippen molar-refractivity contribution in [3.8, 4) is 0 Å². The molecule has 0 N–H and O–H groups in total. The quantitative estimate of drug-likeness (QED) is 0.326. The number of hydrogen-bond acceptors (Lipinski definition) is 6. The Bertz CT molecular complexity index is 1050. The third kappa shape index (κ3) is 5.98. The van der Waals surface area contributed by atoms with Crippen LogP contribution in [0.15, 0.2) is 78.7 Å². The highest BCUT2D eigenvalue weighted by Gasteiger charge is 2.37. The summed E-state index contributed by atoms with van der Waals surface area (Å²) in [5.41, 5.74) is 1.48. The lowest BCUT2D eigenvalue weighted by atomic mass is 10.3. The third-order valence-corrected chi connectivity index (χ3v) is 21.6. The largest absolute Gasteiger partial charge is 0.312 e. The second kappa shape index (κ2) is 9.52. The van der Waals surface area contributed by atoms with Crippen LogP contribution >= 0.6 is 92.7 Å². The van der Waals surface area contributed by atoms with E-state index in [1.807, 2.05) is 60.7 Å². The van der Waals surface area contributed by atoms with Gasteiger partial charge in [-0.3, -0.25) is 0 Å². The number of para-hydroxylation sites is 2. The molecule has 2 atom stereocenters. The smallest absolute Gasteiger partial charge is 0.264 e. The maximum Gasteiger partial charge on any atom is 0.264 e. The molecule has 0 spiro atoms. The van der Waals surface area contributed by atoms with Gasteiger partial charge in [0.05, 0.1) is 0 Å². The molecule has 3 rings (SSSR count). The number of benzene rings is 2. The summed E-state index contributed by atoms with van der Waals surface area (Å²) in [4.78, 5) is 0. The van der Waals surface area contributed by atoms with Gasteiger partial charge in [-0.2, -0.15) is 18.1 Å². The molecule has 0 aromatic heterocycles. The molecule has 164 valence electrons. The molecule has 2 aromatic rings. The zero-order chi connectivity index (χ0) is 22.2. The van der Waals surface area contributed by atoms with E-state index in [1.165, 1.54) is 0 Å². The summed E-state index contributed by atoms with van der Waals surface area (Å²) in [5, 5.41) is 0. The molecule has 0 saturated heterocycles. The van der Waals surface area contributed by atoms with Crippen LogP contribution in [0, 0.1) is 0 Å². The van der Waals surface area contributed by atoms with Crippen LogP contribution in [0.1, 0.15) is 0 Å². The van der Waals surface area contributed by atoms with Crippen molar-refractivity contribution in [3.05, 3.63) is 60.7 Å². The van der Waals surface area contributed by atoms with Gasteiger partial charge >= 0.3 is 0 Å². The van der Waals surface area contributed by atoms with E-state index < -0.39 is 25.2 Å². The van der Waals surface area contributed by atoms with Crippen LogP contribution in [-0.4, -0.2) is 14.1 Å². The molecule has 0 aliphatic carbocycles. The summed E-state index contributed by atoms with van der Waals surface area (Å²) >= 11 is 39.9. The molecule has 1 aliphatic rings. The number of nitrogens with zero attached hydrogens (tertiary/aromatic N) is 6. The van der Waals surface area contributed by atoms with Gasteiger partial charge in [-0.05, 0) is 91.7 Å². The molecule has 0 amide bonds. The molecule has 1 heterocycles. The van der Waals surface area contributed by atoms with Crippen LogP contribution in [0.3, 0.4) is 0 Å². The number of hydrogen-bond donors (Lipinski definition) is 0. The van der Waals surface area contributed by atoms with Crippen LogP contribution in [0.5, 0.6) is 0 Å². The minimum Gasteiger partial charge on any atom is -0.312 e. The predicted octanol–water partition coefficient (Wildman–Crippen LogP) is 11.5. The van der Waals surface area contributed by atoms with Crippen LogP contribution in [0.2, 0.25) is 0 Å². The average Bonchev–Trinajstić information content (AvgIpc) is 2.65. The van der Waals surface area contributed by atoms with E-state index in [2.05, 4.69) is 18.1 Å². The third-order valence-electron chi connectivity index (χ3n) is 3.91. The summed E-state index contributed by atoms with van der Waals surface area (Å²) in [6.45, 7) is -6.54. The van der Waals surface area contributed by atoms with E-state index >= 15 is 0 Å². The molecule has 6 nitrogen and oxygen atoms in total. The Morgan fingerprint density at radius 3 is 1.13 bits per heavy atom. The maximum absolute atomic E-state index is 6.85. The first-order valence-corrected chi connectivity index (χ1v) is 20.3. The van der Waals surface area contributed by atoms with E-state index in [0.717, 1.165) is 11.4 Å². The predicted molar refractivity (Wildman–Crippen MR) is 142 cm³/mol. The highest BCUT2D eigenvalue weighted by atomic mass is 35.9. The van der Waals surface area contributed by atoms with E-state index in [-0.39, 0.29) is 0 Å². The number of halogens is 6. The lowest BCUT2D eigenvalue weighted by molar-refractivity contribution is 1.32. The van der Waals surface area contributed by atoms with Gasteiger partial charge in [0, 0.05) is 25.5 Å². The Balaban J connectivity index is 2.22. The minimum absolute atomic E-state index is 0.740. The molecule has 1 aliphatic heterocycles. The summed E-state index contributed by atoms with van der Waals surface area (Å²) < 4.78 is 21.2. The molecular formula is C14H16Cl6N6P4. The van der Waals surface area contributed by atoms with E-state index in [1.54, 1.807) is 23.4 Å². The van der Waals surface area contributed by atoms with Gasteiger partial charge in [0.2, 0.25) is 0 Å². The first-order valence-electron chi connectivity index (χ1n) is 8.18. The Kier molecular flexibility index (Phi) is 8.03. The zero-order valence-electron chi connectivity index (χ0n) is 15.5. The minimum atomic E-state index is -3.40. The van der Waals surface area contributed by atoms with Crippen molar-refractivity contribution in [1.82, 2.24) is 0 Å². The molecule has 30 heavy (non-hydrogen) atoms. The van der Waals surface area contributed by atoms with Gasteiger partial charge in [0.25, 0.3) is 25.2 Å². The lowest BCUT2D eigenvalue weighted by Gasteiger charge is -2.32. The van der Waals surface area contributed by atoms with Crippen LogP contribution < -0.4 is 9.34 Å². The van der Waals surface area contributed by atoms with Gasteiger partial charge in [0.1, 0.15) is 0 Å². The summed E-state index contributed by atoms with van der Waals surface area (Å²) in [5.74, 6) is -6.79. The Morgan fingerprint density at radius 2 is 0.833 bits per heavy atom. The van der Waals surface area contributed by atoms with Gasteiger partial charge in [0.15, 0.2) is 0 Å². The van der Waals surface area contributed by atoms with E-state index in [9.17, 15) is 0 Å². The molecule has 2 aromatic carbocycles. The van der Waals surface area contributed by atoms with Gasteiger partial charge in [-0.25, -0.2) is 0 Å². The molecule has 16 heteroatoms. The fourth-order valence-electron chi connectivity index (χ4n) is 2.44. The van der Waals surface area contributed by atoms with E-state index in [4.69, 9.17) is 67.4 Å². The van der Waals surface area contributed by atoms with Gasteiger partial charge in [-0.1, -0.05) is 36.4 Å². The van der Waals surface area contributed by atoms with E-state index in [0.29, 0.717) is 0 Å². The zero-order valence-corrected chi connectivity index (χ0v) is 23.6. The van der Waals surface area contributed by atoms with Crippen molar-refractivity contribution in [1.29, 1.82) is 0 Å². The average molecular weight is 605 g/mol. The second-order valence-corrected chi connectivity index (χ2v) is 23.3. The Morgan fingerprint density at radius 1 is 0.533 bits per heavy atom. The van der Waals surface area contributed by atoms with Gasteiger partial charge < -0.3 is 9.34 Å². The molecule has 0 saturated carbocycles. The standard InChI is InChI=1S/C14H16Cl6N6P4/c1-25(13-9-5-3-6-10-13)29(19)21-27(15,16)23-30(20,24-28(17,18)22-29)26(2)14-11-7-4-8-12-14/h3-12H,1-2H3. The highest BCUT2D eigenvalue weighted by molar-refractivity contribution is 8.20. The maximum atomic E-state index is 6.85. The Hall–Kier alpha value is 0.700. The highest BCUT2D eigenvalue weighted by Crippen LogP contribution is 2.87. The normalized spacial score (nSPS) is 27.2. The monoisotopic (exact) mass is 602 g/mol. The second-order valence-electron chi connectivity index (χ2n) is 5.98. The van der Waals surface area contributed by atoms with Crippen LogP contribution in [-0.2, 0) is 0 Å². The molecular weight excluding hydrogens is 589 g/mol. The summed E-state index contributed by atoms with van der Waals surface area (Å²) in [7, 11) is 3.43. The molecule has 0 radical (unpaired) electrons. The Labute approximate surface area is 205 Å². The van der Waals surface area contributed by atoms with Crippen LogP contribution in [0.4, 0.5) is 11.4 Å². The van der Waals surface area contributed by atoms with Crippen molar-refractivity contribution in [2.45, 2.75) is 0 Å². The topological polar surface area (TPSA) is 55.9 Å². The number of anilines is 2. The first-order chi connectivity index (χ1) is 13.9. The number of rotatable bonds is 4. The fraction of sp³-hybridized carbons (Fsp3) is 0.143. The molecule has 2 unspecified atom stereocenters. The summed E-state index contributed by atoms with van der Waals surface area (Å²) in [6, 6.07) is 18.5.